The molecule has 3 N–H and O–H groups in total. The van der Waals surface area contributed by atoms with Crippen molar-refractivity contribution < 1.29 is 9.53 Å². The van der Waals surface area contributed by atoms with Gasteiger partial charge in [0.2, 0.25) is 5.91 Å². The lowest BCUT2D eigenvalue weighted by Crippen LogP contribution is -2.52. The zero-order chi connectivity index (χ0) is 13.7. The van der Waals surface area contributed by atoms with Crippen molar-refractivity contribution in [1.29, 1.82) is 0 Å². The van der Waals surface area contributed by atoms with Gasteiger partial charge in [0.15, 0.2) is 0 Å². The zero-order valence-corrected chi connectivity index (χ0v) is 13.9. The maximum atomic E-state index is 12.6. The topological polar surface area (TPSA) is 64.4 Å². The first-order valence-electron chi connectivity index (χ1n) is 7.42. The van der Waals surface area contributed by atoms with E-state index in [1.165, 1.54) is 12.8 Å². The van der Waals surface area contributed by atoms with Crippen LogP contribution in [0.5, 0.6) is 0 Å². The molecule has 0 aromatic heterocycles. The molecule has 0 radical (unpaired) electrons. The summed E-state index contributed by atoms with van der Waals surface area (Å²) in [4.78, 5) is 12.6. The summed E-state index contributed by atoms with van der Waals surface area (Å²) in [5.41, 5.74) is 5.50. The van der Waals surface area contributed by atoms with Crippen LogP contribution in [0.4, 0.5) is 0 Å². The third-order valence-electron chi connectivity index (χ3n) is 4.47. The SMILES string of the molecule is CCSC1CCCC1NC(=O)C1(CN)CCOCC1.Cl. The standard InChI is InChI=1S/C14H26N2O2S.ClH/c1-2-19-12-5-3-4-11(12)16-13(17)14(10-15)6-8-18-9-7-14;/h11-12H,2-10,15H2,1H3,(H,16,17);1H. The first kappa shape index (κ1) is 18.1. The van der Waals surface area contributed by atoms with Gasteiger partial charge in [-0.05, 0) is 31.4 Å². The lowest BCUT2D eigenvalue weighted by atomic mass is 9.79. The largest absolute Gasteiger partial charge is 0.381 e. The molecule has 20 heavy (non-hydrogen) atoms. The van der Waals surface area contributed by atoms with E-state index >= 15 is 0 Å². The summed E-state index contributed by atoms with van der Waals surface area (Å²) in [7, 11) is 0. The molecule has 0 aromatic carbocycles. The van der Waals surface area contributed by atoms with Gasteiger partial charge < -0.3 is 15.8 Å². The molecule has 1 amide bonds. The van der Waals surface area contributed by atoms with Crippen LogP contribution in [-0.2, 0) is 9.53 Å². The first-order chi connectivity index (χ1) is 9.22. The second-order valence-corrected chi connectivity index (χ2v) is 7.12. The summed E-state index contributed by atoms with van der Waals surface area (Å²) in [5.74, 6) is 1.28. The molecule has 118 valence electrons. The normalized spacial score (nSPS) is 28.7. The highest BCUT2D eigenvalue weighted by Crippen LogP contribution is 2.33. The van der Waals surface area contributed by atoms with Crippen molar-refractivity contribution in [3.63, 3.8) is 0 Å². The van der Waals surface area contributed by atoms with Gasteiger partial charge >= 0.3 is 0 Å². The predicted molar refractivity (Wildman–Crippen MR) is 86.5 cm³/mol. The maximum Gasteiger partial charge on any atom is 0.227 e. The third kappa shape index (κ3) is 4.03. The van der Waals surface area contributed by atoms with E-state index in [1.54, 1.807) is 0 Å². The fourth-order valence-electron chi connectivity index (χ4n) is 3.11. The van der Waals surface area contributed by atoms with Gasteiger partial charge in [-0.3, -0.25) is 4.79 Å². The zero-order valence-electron chi connectivity index (χ0n) is 12.2. The Kier molecular flexibility index (Phi) is 7.65. The van der Waals surface area contributed by atoms with Gasteiger partial charge in [0.1, 0.15) is 0 Å². The number of amides is 1. The molecule has 2 unspecified atom stereocenters. The molecule has 1 heterocycles. The molecule has 1 aliphatic carbocycles. The number of nitrogens with one attached hydrogen (secondary N) is 1. The van der Waals surface area contributed by atoms with Crippen molar-refractivity contribution in [3.8, 4) is 0 Å². The summed E-state index contributed by atoms with van der Waals surface area (Å²) in [6.07, 6.45) is 5.07. The van der Waals surface area contributed by atoms with E-state index in [2.05, 4.69) is 12.2 Å². The van der Waals surface area contributed by atoms with Gasteiger partial charge in [-0.1, -0.05) is 13.3 Å². The van der Waals surface area contributed by atoms with Gasteiger partial charge in [0.25, 0.3) is 0 Å². The Balaban J connectivity index is 0.00000200. The monoisotopic (exact) mass is 322 g/mol. The fraction of sp³-hybridized carbons (Fsp3) is 0.929. The van der Waals surface area contributed by atoms with Crippen molar-refractivity contribution in [2.24, 2.45) is 11.1 Å². The van der Waals surface area contributed by atoms with E-state index in [-0.39, 0.29) is 23.7 Å². The molecule has 1 saturated heterocycles. The van der Waals surface area contributed by atoms with Crippen LogP contribution in [0.15, 0.2) is 0 Å². The quantitative estimate of drug-likeness (QED) is 0.812. The van der Waals surface area contributed by atoms with Crippen LogP contribution in [-0.4, -0.2) is 42.7 Å². The number of carbonyl (C=O) groups is 1. The summed E-state index contributed by atoms with van der Waals surface area (Å²) in [5, 5.41) is 3.87. The molecule has 0 bridgehead atoms. The van der Waals surface area contributed by atoms with Gasteiger partial charge in [-0.15, -0.1) is 12.4 Å². The molecule has 2 rings (SSSR count). The van der Waals surface area contributed by atoms with Crippen LogP contribution in [0.3, 0.4) is 0 Å². The van der Waals surface area contributed by atoms with Crippen molar-refractivity contribution >= 4 is 30.1 Å². The summed E-state index contributed by atoms with van der Waals surface area (Å²) < 4.78 is 5.37. The van der Waals surface area contributed by atoms with E-state index in [0.29, 0.717) is 31.1 Å². The van der Waals surface area contributed by atoms with Crippen LogP contribution in [0.2, 0.25) is 0 Å². The fourth-order valence-corrected chi connectivity index (χ4v) is 4.31. The Labute approximate surface area is 132 Å². The number of nitrogens with two attached hydrogens (primary N) is 1. The van der Waals surface area contributed by atoms with Gasteiger partial charge in [0.05, 0.1) is 5.41 Å². The number of thioether (sulfide) groups is 1. The smallest absolute Gasteiger partial charge is 0.227 e. The van der Waals surface area contributed by atoms with Crippen LogP contribution in [0, 0.1) is 5.41 Å². The molecular weight excluding hydrogens is 296 g/mol. The average molecular weight is 323 g/mol. The molecule has 1 saturated carbocycles. The summed E-state index contributed by atoms with van der Waals surface area (Å²) in [6.45, 7) is 3.92. The number of hydrogen-bond donors (Lipinski definition) is 2. The minimum atomic E-state index is -0.387. The molecule has 2 fully saturated rings. The van der Waals surface area contributed by atoms with E-state index in [9.17, 15) is 4.79 Å². The Bertz CT molecular complexity index is 312. The van der Waals surface area contributed by atoms with Crippen LogP contribution in [0.1, 0.15) is 39.0 Å². The molecule has 2 atom stereocenters. The molecule has 6 heteroatoms. The second kappa shape index (κ2) is 8.47. The number of carbonyl (C=O) groups excluding carboxylic acids is 1. The Morgan fingerprint density at radius 2 is 2.10 bits per heavy atom. The van der Waals surface area contributed by atoms with Gasteiger partial charge in [-0.25, -0.2) is 0 Å². The predicted octanol–water partition coefficient (Wildman–Crippen LogP) is 1.95. The van der Waals surface area contributed by atoms with Gasteiger partial charge in [-0.2, -0.15) is 11.8 Å². The molecule has 1 aliphatic heterocycles. The lowest BCUT2D eigenvalue weighted by molar-refractivity contribution is -0.136. The highest BCUT2D eigenvalue weighted by atomic mass is 35.5. The van der Waals surface area contributed by atoms with Crippen LogP contribution < -0.4 is 11.1 Å². The lowest BCUT2D eigenvalue weighted by Gasteiger charge is -2.36. The van der Waals surface area contributed by atoms with Crippen molar-refractivity contribution in [3.05, 3.63) is 0 Å². The minimum absolute atomic E-state index is 0. The Morgan fingerprint density at radius 1 is 1.40 bits per heavy atom. The van der Waals surface area contributed by atoms with Gasteiger partial charge in [0, 0.05) is 31.1 Å². The first-order valence-corrected chi connectivity index (χ1v) is 8.47. The number of rotatable bonds is 5. The average Bonchev–Trinajstić information content (AvgIpc) is 2.87. The minimum Gasteiger partial charge on any atom is -0.381 e. The molecule has 4 nitrogen and oxygen atoms in total. The van der Waals surface area contributed by atoms with Crippen molar-refractivity contribution in [1.82, 2.24) is 5.32 Å². The molecular formula is C14H27ClN2O2S. The van der Waals surface area contributed by atoms with Crippen molar-refractivity contribution in [2.45, 2.75) is 50.3 Å². The molecule has 0 aromatic rings. The Hall–Kier alpha value is 0.0300. The maximum absolute atomic E-state index is 12.6. The molecule has 2 aliphatic rings. The van der Waals surface area contributed by atoms with Crippen LogP contribution >= 0.6 is 24.2 Å². The van der Waals surface area contributed by atoms with E-state index in [1.807, 2.05) is 11.8 Å². The summed E-state index contributed by atoms with van der Waals surface area (Å²) in [6, 6.07) is 0.337. The van der Waals surface area contributed by atoms with E-state index in [0.717, 1.165) is 25.0 Å². The second-order valence-electron chi connectivity index (χ2n) is 5.60. The highest BCUT2D eigenvalue weighted by molar-refractivity contribution is 7.99. The third-order valence-corrected chi connectivity index (χ3v) is 5.80. The summed E-state index contributed by atoms with van der Waals surface area (Å²) >= 11 is 1.97. The number of hydrogen-bond acceptors (Lipinski definition) is 4. The Morgan fingerprint density at radius 3 is 2.70 bits per heavy atom. The number of ether oxygens (including phenoxy) is 1. The van der Waals surface area contributed by atoms with Crippen molar-refractivity contribution in [2.75, 3.05) is 25.5 Å². The highest BCUT2D eigenvalue weighted by Gasteiger charge is 2.41. The van der Waals surface area contributed by atoms with Crippen LogP contribution in [0.25, 0.3) is 0 Å². The van der Waals surface area contributed by atoms with E-state index in [4.69, 9.17) is 10.5 Å². The number of halogens is 1. The van der Waals surface area contributed by atoms with E-state index < -0.39 is 0 Å². The molecule has 0 spiro atoms.